The lowest BCUT2D eigenvalue weighted by Crippen LogP contribution is -2.45. The predicted molar refractivity (Wildman–Crippen MR) is 177 cm³/mol. The first-order valence-electron chi connectivity index (χ1n) is 15.3. The lowest BCUT2D eigenvalue weighted by Gasteiger charge is -2.40. The Kier molecular flexibility index (Phi) is 12.3. The molecule has 10 heteroatoms. The third-order valence-electron chi connectivity index (χ3n) is 7.89. The second kappa shape index (κ2) is 15.9. The van der Waals surface area contributed by atoms with Gasteiger partial charge in [0.2, 0.25) is 12.2 Å². The molecule has 47 heavy (non-hydrogen) atoms. The monoisotopic (exact) mass is 645 g/mol. The SMILES string of the molecule is CC(C)Oc1cccc([C@]2(C)C=CN(C)C[C@@H]2C)c1.Cc1ccc(C(=O)O[C@H](C(=O)O)[C@H](OC(=O)c2ccc(C)cc2)C(=O)O)cc1. The summed E-state index contributed by atoms with van der Waals surface area (Å²) >= 11 is 0. The van der Waals surface area contributed by atoms with Crippen LogP contribution in [-0.2, 0) is 24.5 Å². The van der Waals surface area contributed by atoms with Crippen LogP contribution in [-0.4, -0.2) is 70.9 Å². The van der Waals surface area contributed by atoms with Crippen LogP contribution in [0.4, 0.5) is 0 Å². The smallest absolute Gasteiger partial charge is 0.349 e. The Labute approximate surface area is 275 Å². The summed E-state index contributed by atoms with van der Waals surface area (Å²) in [6, 6.07) is 20.6. The number of carboxylic acids is 2. The van der Waals surface area contributed by atoms with Crippen molar-refractivity contribution in [3.8, 4) is 5.75 Å². The first-order chi connectivity index (χ1) is 22.1. The molecule has 0 amide bonds. The van der Waals surface area contributed by atoms with Crippen molar-refractivity contribution in [3.63, 3.8) is 0 Å². The molecule has 0 aliphatic carbocycles. The fraction of sp³-hybridized carbons (Fsp3) is 0.351. The van der Waals surface area contributed by atoms with Crippen molar-refractivity contribution >= 4 is 23.9 Å². The van der Waals surface area contributed by atoms with Gasteiger partial charge in [0, 0.05) is 19.0 Å². The highest BCUT2D eigenvalue weighted by atomic mass is 16.6. The molecule has 4 atom stereocenters. The molecule has 0 bridgehead atoms. The third kappa shape index (κ3) is 9.93. The number of ether oxygens (including phenoxy) is 3. The van der Waals surface area contributed by atoms with Gasteiger partial charge < -0.3 is 29.3 Å². The van der Waals surface area contributed by atoms with Crippen LogP contribution in [0, 0.1) is 19.8 Å². The molecule has 1 aliphatic rings. The van der Waals surface area contributed by atoms with E-state index in [1.54, 1.807) is 38.1 Å². The average molecular weight is 646 g/mol. The Morgan fingerprint density at radius 1 is 0.809 bits per heavy atom. The van der Waals surface area contributed by atoms with Gasteiger partial charge in [-0.25, -0.2) is 19.2 Å². The van der Waals surface area contributed by atoms with Gasteiger partial charge in [-0.05, 0) is 81.8 Å². The normalized spacial score (nSPS) is 18.3. The number of hydrogen-bond acceptors (Lipinski definition) is 8. The zero-order valence-electron chi connectivity index (χ0n) is 27.8. The highest BCUT2D eigenvalue weighted by Crippen LogP contribution is 2.38. The van der Waals surface area contributed by atoms with Crippen LogP contribution in [0.15, 0.2) is 85.1 Å². The van der Waals surface area contributed by atoms with Crippen molar-refractivity contribution in [2.75, 3.05) is 13.6 Å². The summed E-state index contributed by atoms with van der Waals surface area (Å²) in [6.45, 7) is 13.4. The molecule has 1 aliphatic heterocycles. The molecule has 1 heterocycles. The molecule has 0 fully saturated rings. The number of carbonyl (C=O) groups is 4. The number of nitrogens with zero attached hydrogens (tertiary/aromatic N) is 1. The minimum atomic E-state index is -2.22. The molecule has 4 rings (SSSR count). The second-order valence-electron chi connectivity index (χ2n) is 12.2. The van der Waals surface area contributed by atoms with Gasteiger partial charge in [-0.15, -0.1) is 0 Å². The molecule has 2 N–H and O–H groups in total. The van der Waals surface area contributed by atoms with Crippen LogP contribution in [0.5, 0.6) is 5.75 Å². The van der Waals surface area contributed by atoms with Crippen molar-refractivity contribution in [2.24, 2.45) is 5.92 Å². The number of hydrogen-bond donors (Lipinski definition) is 2. The highest BCUT2D eigenvalue weighted by molar-refractivity contribution is 5.95. The summed E-state index contributed by atoms with van der Waals surface area (Å²) < 4.78 is 15.5. The Balaban J connectivity index is 0.000000274. The summed E-state index contributed by atoms with van der Waals surface area (Å²) in [6.07, 6.45) is 0.279. The summed E-state index contributed by atoms with van der Waals surface area (Å²) in [4.78, 5) is 49.6. The fourth-order valence-electron chi connectivity index (χ4n) is 4.92. The molecule has 0 saturated heterocycles. The van der Waals surface area contributed by atoms with Crippen LogP contribution >= 0.6 is 0 Å². The first kappa shape index (κ1) is 36.3. The van der Waals surface area contributed by atoms with E-state index in [-0.39, 0.29) is 22.6 Å². The van der Waals surface area contributed by atoms with Crippen LogP contribution in [0.25, 0.3) is 0 Å². The van der Waals surface area contributed by atoms with Crippen LogP contribution in [0.2, 0.25) is 0 Å². The maximum Gasteiger partial charge on any atom is 0.349 e. The number of aliphatic carboxylic acids is 2. The Bertz CT molecular complexity index is 1500. The standard InChI is InChI=1S/C20H18O8.C17H25NO/c1-11-3-7-13(8-4-11)19(25)27-15(17(21)22)16(18(23)24)28-20(26)14-9-5-12(2)6-10-14;1-13(2)19-16-8-6-7-15(11-16)17(4)9-10-18(5)12-14(17)3/h3-10,15-16H,1-2H3,(H,21,22)(H,23,24);6-11,13-14H,12H2,1-5H3/t15-,16-;14-,17+/m00/s1. The minimum absolute atomic E-state index is 0.0332. The average Bonchev–Trinajstić information content (AvgIpc) is 3.01. The number of aryl methyl sites for hydroxylation is 2. The van der Waals surface area contributed by atoms with E-state index in [4.69, 9.17) is 14.2 Å². The van der Waals surface area contributed by atoms with Crippen LogP contribution in [0.3, 0.4) is 0 Å². The summed E-state index contributed by atoms with van der Waals surface area (Å²) in [5.74, 6) is -4.07. The quantitative estimate of drug-likeness (QED) is 0.251. The summed E-state index contributed by atoms with van der Waals surface area (Å²) in [7, 11) is 2.13. The lowest BCUT2D eigenvalue weighted by atomic mass is 9.71. The number of benzene rings is 3. The van der Waals surface area contributed by atoms with Gasteiger partial charge in [-0.3, -0.25) is 0 Å². The predicted octanol–water partition coefficient (Wildman–Crippen LogP) is 6.05. The van der Waals surface area contributed by atoms with Crippen molar-refractivity contribution in [1.82, 2.24) is 4.90 Å². The second-order valence-corrected chi connectivity index (χ2v) is 12.2. The van der Waals surface area contributed by atoms with Crippen LogP contribution in [0.1, 0.15) is 65.1 Å². The van der Waals surface area contributed by atoms with E-state index in [9.17, 15) is 29.4 Å². The molecule has 0 spiro atoms. The Hall–Kier alpha value is -5.12. The molecule has 250 valence electrons. The summed E-state index contributed by atoms with van der Waals surface area (Å²) in [5, 5.41) is 18.6. The van der Waals surface area contributed by atoms with Crippen molar-refractivity contribution in [2.45, 2.75) is 65.3 Å². The number of carbonyl (C=O) groups excluding carboxylic acids is 2. The zero-order chi connectivity index (χ0) is 34.9. The molecule has 0 radical (unpaired) electrons. The third-order valence-corrected chi connectivity index (χ3v) is 7.89. The van der Waals surface area contributed by atoms with Crippen molar-refractivity contribution < 1.29 is 43.6 Å². The maximum absolute atomic E-state index is 12.2. The van der Waals surface area contributed by atoms with E-state index in [1.165, 1.54) is 29.8 Å². The molecule has 3 aromatic rings. The molecule has 0 saturated carbocycles. The van der Waals surface area contributed by atoms with Crippen molar-refractivity contribution in [1.29, 1.82) is 0 Å². The van der Waals surface area contributed by atoms with Gasteiger partial charge in [0.25, 0.3) is 0 Å². The Morgan fingerprint density at radius 3 is 1.68 bits per heavy atom. The van der Waals surface area contributed by atoms with Gasteiger partial charge in [0.15, 0.2) is 0 Å². The molecule has 0 aromatic heterocycles. The fourth-order valence-corrected chi connectivity index (χ4v) is 4.92. The van der Waals surface area contributed by atoms with E-state index in [0.29, 0.717) is 5.92 Å². The van der Waals surface area contributed by atoms with E-state index in [0.717, 1.165) is 23.4 Å². The first-order valence-corrected chi connectivity index (χ1v) is 15.3. The molecule has 0 unspecified atom stereocenters. The Morgan fingerprint density at radius 2 is 1.28 bits per heavy atom. The van der Waals surface area contributed by atoms with E-state index < -0.39 is 36.1 Å². The molecular formula is C37H43NO9. The van der Waals surface area contributed by atoms with Crippen LogP contribution < -0.4 is 4.74 Å². The van der Waals surface area contributed by atoms with Gasteiger partial charge in [0.05, 0.1) is 17.2 Å². The number of esters is 2. The van der Waals surface area contributed by atoms with E-state index >= 15 is 0 Å². The van der Waals surface area contributed by atoms with E-state index in [1.807, 2.05) is 6.07 Å². The number of carboxylic acid groups (broad SMARTS) is 2. The van der Waals surface area contributed by atoms with Gasteiger partial charge in [0.1, 0.15) is 5.75 Å². The minimum Gasteiger partial charge on any atom is -0.491 e. The van der Waals surface area contributed by atoms with Gasteiger partial charge >= 0.3 is 23.9 Å². The number of rotatable bonds is 10. The largest absolute Gasteiger partial charge is 0.491 e. The summed E-state index contributed by atoms with van der Waals surface area (Å²) in [5.41, 5.74) is 3.21. The van der Waals surface area contributed by atoms with Crippen molar-refractivity contribution in [3.05, 3.63) is 113 Å². The number of allylic oxidation sites excluding steroid dienone is 1. The topological polar surface area (TPSA) is 140 Å². The van der Waals surface area contributed by atoms with Gasteiger partial charge in [-0.1, -0.05) is 67.4 Å². The van der Waals surface area contributed by atoms with Gasteiger partial charge in [-0.2, -0.15) is 0 Å². The molecule has 3 aromatic carbocycles. The highest BCUT2D eigenvalue weighted by Gasteiger charge is 2.41. The van der Waals surface area contributed by atoms with E-state index in [2.05, 4.69) is 70.1 Å². The zero-order valence-corrected chi connectivity index (χ0v) is 27.8. The lowest BCUT2D eigenvalue weighted by molar-refractivity contribution is -0.166. The molecular weight excluding hydrogens is 602 g/mol. The maximum atomic E-state index is 12.2. The molecule has 10 nitrogen and oxygen atoms in total.